The van der Waals surface area contributed by atoms with Gasteiger partial charge in [-0.2, -0.15) is 39.5 Å². The number of hydrogen-bond donors (Lipinski definition) is 0. The SMILES string of the molecule is COC(C)CC(F)(F)C(F)(F)C(F)(F)C(F)(F)F. The molecule has 18 heavy (non-hydrogen) atoms. The maximum atomic E-state index is 12.9. The molecule has 0 aliphatic rings. The third-order valence-corrected chi connectivity index (χ3v) is 2.16. The first-order valence-corrected chi connectivity index (χ1v) is 4.43. The summed E-state index contributed by atoms with van der Waals surface area (Å²) in [6.07, 6.45) is -10.4. The number of halogens is 9. The van der Waals surface area contributed by atoms with Gasteiger partial charge in [0.1, 0.15) is 0 Å². The molecule has 0 aliphatic heterocycles. The minimum atomic E-state index is -6.84. The molecule has 1 nitrogen and oxygen atoms in total. The van der Waals surface area contributed by atoms with Gasteiger partial charge >= 0.3 is 23.9 Å². The van der Waals surface area contributed by atoms with E-state index in [0.29, 0.717) is 0 Å². The first-order chi connectivity index (χ1) is 7.70. The molecule has 0 aromatic heterocycles. The monoisotopic (exact) mass is 292 g/mol. The van der Waals surface area contributed by atoms with Crippen LogP contribution in [0.3, 0.4) is 0 Å². The number of ether oxygens (including phenoxy) is 1. The van der Waals surface area contributed by atoms with Crippen LogP contribution in [0.15, 0.2) is 0 Å². The van der Waals surface area contributed by atoms with Crippen molar-refractivity contribution in [1.29, 1.82) is 0 Å². The molecule has 0 aromatic carbocycles. The zero-order valence-corrected chi connectivity index (χ0v) is 9.09. The Kier molecular flexibility index (Phi) is 4.60. The van der Waals surface area contributed by atoms with Gasteiger partial charge in [0.05, 0.1) is 6.10 Å². The Balaban J connectivity index is 5.36. The van der Waals surface area contributed by atoms with Crippen LogP contribution in [0.25, 0.3) is 0 Å². The van der Waals surface area contributed by atoms with Crippen LogP contribution in [0.1, 0.15) is 13.3 Å². The lowest BCUT2D eigenvalue weighted by Gasteiger charge is -2.34. The molecule has 0 radical (unpaired) electrons. The molecular formula is C8H9F9O. The third kappa shape index (κ3) is 2.83. The molecular weight excluding hydrogens is 283 g/mol. The maximum Gasteiger partial charge on any atom is 0.460 e. The van der Waals surface area contributed by atoms with Crippen LogP contribution in [-0.2, 0) is 4.74 Å². The molecule has 0 bridgehead atoms. The lowest BCUT2D eigenvalue weighted by molar-refractivity contribution is -0.398. The molecule has 0 aliphatic carbocycles. The van der Waals surface area contributed by atoms with Gasteiger partial charge in [0.25, 0.3) is 0 Å². The summed E-state index contributed by atoms with van der Waals surface area (Å²) in [7, 11) is 0.820. The van der Waals surface area contributed by atoms with Crippen molar-refractivity contribution in [2.24, 2.45) is 0 Å². The first kappa shape index (κ1) is 17.3. The van der Waals surface area contributed by atoms with Gasteiger partial charge in [0.15, 0.2) is 0 Å². The summed E-state index contributed by atoms with van der Waals surface area (Å²) < 4.78 is 115. The first-order valence-electron chi connectivity index (χ1n) is 4.43. The summed E-state index contributed by atoms with van der Waals surface area (Å²) in [6.45, 7) is 0.829. The molecule has 0 aromatic rings. The molecule has 0 saturated carbocycles. The molecule has 0 saturated heterocycles. The Labute approximate surface area is 95.9 Å². The van der Waals surface area contributed by atoms with E-state index in [1.54, 1.807) is 0 Å². The normalized spacial score (nSPS) is 16.8. The summed E-state index contributed by atoms with van der Waals surface area (Å²) in [6, 6.07) is 0. The lowest BCUT2D eigenvalue weighted by atomic mass is 9.99. The molecule has 1 atom stereocenters. The standard InChI is InChI=1S/C8H9F9O/c1-4(18-2)3-5(9,10)6(11,12)7(13,14)8(15,16)17/h4H,3H2,1-2H3. The van der Waals surface area contributed by atoms with Crippen LogP contribution in [0, 0.1) is 0 Å². The molecule has 0 rings (SSSR count). The predicted molar refractivity (Wildman–Crippen MR) is 42.0 cm³/mol. The van der Waals surface area contributed by atoms with E-state index in [2.05, 4.69) is 4.74 Å². The summed E-state index contributed by atoms with van der Waals surface area (Å²) >= 11 is 0. The topological polar surface area (TPSA) is 9.23 Å². The van der Waals surface area contributed by atoms with E-state index in [1.165, 1.54) is 0 Å². The fourth-order valence-electron chi connectivity index (χ4n) is 0.980. The average Bonchev–Trinajstić information content (AvgIpc) is 2.14. The smallest absolute Gasteiger partial charge is 0.382 e. The van der Waals surface area contributed by atoms with Crippen molar-refractivity contribution in [3.63, 3.8) is 0 Å². The van der Waals surface area contributed by atoms with E-state index in [4.69, 9.17) is 0 Å². The number of hydrogen-bond acceptors (Lipinski definition) is 1. The Morgan fingerprint density at radius 3 is 1.50 bits per heavy atom. The fourth-order valence-corrected chi connectivity index (χ4v) is 0.980. The van der Waals surface area contributed by atoms with Crippen molar-refractivity contribution < 1.29 is 44.3 Å². The van der Waals surface area contributed by atoms with Gasteiger partial charge in [-0.3, -0.25) is 0 Å². The molecule has 0 N–H and O–H groups in total. The van der Waals surface area contributed by atoms with E-state index < -0.39 is 36.5 Å². The number of alkyl halides is 9. The Bertz CT molecular complexity index is 283. The fraction of sp³-hybridized carbons (Fsp3) is 1.00. The highest BCUT2D eigenvalue weighted by Gasteiger charge is 2.81. The van der Waals surface area contributed by atoms with Gasteiger partial charge in [-0.15, -0.1) is 0 Å². The van der Waals surface area contributed by atoms with Gasteiger partial charge in [-0.1, -0.05) is 0 Å². The van der Waals surface area contributed by atoms with Crippen molar-refractivity contribution in [1.82, 2.24) is 0 Å². The highest BCUT2D eigenvalue weighted by Crippen LogP contribution is 2.54. The molecule has 0 heterocycles. The van der Waals surface area contributed by atoms with Gasteiger partial charge in [0, 0.05) is 13.5 Å². The second-order valence-corrected chi connectivity index (χ2v) is 3.60. The summed E-state index contributed by atoms with van der Waals surface area (Å²) in [5.41, 5.74) is 0. The van der Waals surface area contributed by atoms with Gasteiger partial charge < -0.3 is 4.74 Å². The number of rotatable bonds is 5. The minimum absolute atomic E-state index is 0.820. The Morgan fingerprint density at radius 1 is 0.833 bits per heavy atom. The van der Waals surface area contributed by atoms with Crippen molar-refractivity contribution in [2.45, 2.75) is 43.4 Å². The third-order valence-electron chi connectivity index (χ3n) is 2.16. The zero-order chi connectivity index (χ0) is 15.0. The van der Waals surface area contributed by atoms with Crippen LogP contribution in [0.4, 0.5) is 39.5 Å². The molecule has 110 valence electrons. The molecule has 0 fully saturated rings. The van der Waals surface area contributed by atoms with E-state index >= 15 is 0 Å². The quantitative estimate of drug-likeness (QED) is 0.699. The average molecular weight is 292 g/mol. The summed E-state index contributed by atoms with van der Waals surface area (Å²) in [5.74, 6) is -19.0. The largest absolute Gasteiger partial charge is 0.460 e. The number of methoxy groups -OCH3 is 1. The minimum Gasteiger partial charge on any atom is -0.382 e. The van der Waals surface area contributed by atoms with Crippen LogP contribution >= 0.6 is 0 Å². The molecule has 10 heteroatoms. The highest BCUT2D eigenvalue weighted by molar-refractivity contribution is 5.00. The molecule has 0 spiro atoms. The maximum absolute atomic E-state index is 12.9. The molecule has 0 amide bonds. The van der Waals surface area contributed by atoms with Gasteiger partial charge in [0.2, 0.25) is 0 Å². The van der Waals surface area contributed by atoms with Gasteiger partial charge in [-0.05, 0) is 6.92 Å². The van der Waals surface area contributed by atoms with E-state index in [9.17, 15) is 39.5 Å². The van der Waals surface area contributed by atoms with E-state index in [-0.39, 0.29) is 0 Å². The second-order valence-electron chi connectivity index (χ2n) is 3.60. The highest BCUT2D eigenvalue weighted by atomic mass is 19.4. The van der Waals surface area contributed by atoms with Crippen molar-refractivity contribution in [3.05, 3.63) is 0 Å². The second kappa shape index (κ2) is 4.78. The van der Waals surface area contributed by atoms with Gasteiger partial charge in [-0.25, -0.2) is 0 Å². The van der Waals surface area contributed by atoms with E-state index in [1.807, 2.05) is 0 Å². The Hall–Kier alpha value is -0.670. The lowest BCUT2D eigenvalue weighted by Crippen LogP contribution is -2.61. The van der Waals surface area contributed by atoms with E-state index in [0.717, 1.165) is 14.0 Å². The van der Waals surface area contributed by atoms with Crippen molar-refractivity contribution >= 4 is 0 Å². The summed E-state index contributed by atoms with van der Waals surface area (Å²) in [5, 5.41) is 0. The van der Waals surface area contributed by atoms with Crippen LogP contribution < -0.4 is 0 Å². The van der Waals surface area contributed by atoms with Crippen LogP contribution in [-0.4, -0.2) is 37.2 Å². The van der Waals surface area contributed by atoms with Crippen LogP contribution in [0.5, 0.6) is 0 Å². The van der Waals surface area contributed by atoms with Crippen molar-refractivity contribution in [3.8, 4) is 0 Å². The predicted octanol–water partition coefficient (Wildman–Crippen LogP) is 3.88. The van der Waals surface area contributed by atoms with Crippen LogP contribution in [0.2, 0.25) is 0 Å². The molecule has 1 unspecified atom stereocenters. The Morgan fingerprint density at radius 2 is 1.22 bits per heavy atom. The summed E-state index contributed by atoms with van der Waals surface area (Å²) in [4.78, 5) is 0. The zero-order valence-electron chi connectivity index (χ0n) is 9.09. The van der Waals surface area contributed by atoms with Crippen molar-refractivity contribution in [2.75, 3.05) is 7.11 Å².